The van der Waals surface area contributed by atoms with Gasteiger partial charge in [0.15, 0.2) is 0 Å². The maximum atomic E-state index is 12.1. The maximum Gasteiger partial charge on any atom is 0.214 e. The minimum atomic E-state index is -3.14. The van der Waals surface area contributed by atoms with E-state index in [4.69, 9.17) is 22.1 Å². The Morgan fingerprint density at radius 2 is 1.97 bits per heavy atom. The fourth-order valence-electron chi connectivity index (χ4n) is 4.43. The molecule has 4 rings (SSSR count). The van der Waals surface area contributed by atoms with Crippen LogP contribution in [-0.4, -0.2) is 43.7 Å². The van der Waals surface area contributed by atoms with E-state index in [1.807, 2.05) is 31.2 Å². The first-order valence-corrected chi connectivity index (χ1v) is 12.6. The summed E-state index contributed by atoms with van der Waals surface area (Å²) in [5.74, 6) is 1.19. The molecule has 1 saturated heterocycles. The lowest BCUT2D eigenvalue weighted by molar-refractivity contribution is 0.0761. The van der Waals surface area contributed by atoms with Gasteiger partial charge < -0.3 is 10.5 Å². The van der Waals surface area contributed by atoms with Crippen LogP contribution in [0.5, 0.6) is 5.75 Å². The minimum absolute atomic E-state index is 0. The van der Waals surface area contributed by atoms with Gasteiger partial charge in [-0.15, -0.1) is 12.4 Å². The SMILES string of the molecule is CCCS(=O)(=O)N1CC(Oc2ccc3c(c2)C(Cc2cccc(Cl)c2)C(N)CC3)C1.Cl. The molecule has 31 heavy (non-hydrogen) atoms. The molecule has 0 radical (unpaired) electrons. The lowest BCUT2D eigenvalue weighted by atomic mass is 9.76. The third-order valence-electron chi connectivity index (χ3n) is 6.10. The van der Waals surface area contributed by atoms with Crippen LogP contribution in [0.3, 0.4) is 0 Å². The minimum Gasteiger partial charge on any atom is -0.488 e. The molecule has 0 spiro atoms. The first-order chi connectivity index (χ1) is 14.4. The van der Waals surface area contributed by atoms with Gasteiger partial charge in [-0.25, -0.2) is 8.42 Å². The number of fused-ring (bicyclic) bond motifs is 1. The first kappa shape index (κ1) is 24.3. The Labute approximate surface area is 196 Å². The molecule has 1 aliphatic carbocycles. The highest BCUT2D eigenvalue weighted by Crippen LogP contribution is 2.36. The zero-order valence-electron chi connectivity index (χ0n) is 17.7. The molecule has 2 aromatic carbocycles. The van der Waals surface area contributed by atoms with Crippen LogP contribution in [0.1, 0.15) is 42.4 Å². The van der Waals surface area contributed by atoms with Gasteiger partial charge in [0.05, 0.1) is 18.8 Å². The third-order valence-corrected chi connectivity index (χ3v) is 8.34. The van der Waals surface area contributed by atoms with Gasteiger partial charge in [0.25, 0.3) is 0 Å². The number of hydrogen-bond acceptors (Lipinski definition) is 4. The highest BCUT2D eigenvalue weighted by molar-refractivity contribution is 7.89. The average Bonchev–Trinajstić information content (AvgIpc) is 2.66. The molecule has 0 saturated carbocycles. The maximum absolute atomic E-state index is 12.1. The van der Waals surface area contributed by atoms with Crippen molar-refractivity contribution in [2.45, 2.75) is 50.7 Å². The molecule has 5 nitrogen and oxygen atoms in total. The third kappa shape index (κ3) is 5.55. The number of nitrogens with zero attached hydrogens (tertiary/aromatic N) is 1. The van der Waals surface area contributed by atoms with Crippen molar-refractivity contribution >= 4 is 34.0 Å². The van der Waals surface area contributed by atoms with Crippen molar-refractivity contribution in [3.8, 4) is 5.75 Å². The van der Waals surface area contributed by atoms with Crippen molar-refractivity contribution in [2.24, 2.45) is 5.73 Å². The topological polar surface area (TPSA) is 72.6 Å². The zero-order valence-corrected chi connectivity index (χ0v) is 20.1. The van der Waals surface area contributed by atoms with E-state index in [2.05, 4.69) is 18.2 Å². The first-order valence-electron chi connectivity index (χ1n) is 10.6. The van der Waals surface area contributed by atoms with Gasteiger partial charge in [-0.05, 0) is 66.6 Å². The summed E-state index contributed by atoms with van der Waals surface area (Å²) in [4.78, 5) is 0. The summed E-state index contributed by atoms with van der Waals surface area (Å²) in [6.45, 7) is 2.72. The fourth-order valence-corrected chi connectivity index (χ4v) is 6.21. The van der Waals surface area contributed by atoms with E-state index in [-0.39, 0.29) is 36.2 Å². The predicted molar refractivity (Wildman–Crippen MR) is 128 cm³/mol. The van der Waals surface area contributed by atoms with Gasteiger partial charge >= 0.3 is 0 Å². The van der Waals surface area contributed by atoms with Crippen molar-refractivity contribution in [3.05, 3.63) is 64.2 Å². The van der Waals surface area contributed by atoms with Crippen LogP contribution in [0, 0.1) is 0 Å². The van der Waals surface area contributed by atoms with Crippen LogP contribution in [0.15, 0.2) is 42.5 Å². The highest BCUT2D eigenvalue weighted by Gasteiger charge is 2.37. The van der Waals surface area contributed by atoms with E-state index in [9.17, 15) is 8.42 Å². The monoisotopic (exact) mass is 484 g/mol. The van der Waals surface area contributed by atoms with Gasteiger partial charge in [0, 0.05) is 17.0 Å². The number of aryl methyl sites for hydroxylation is 1. The second-order valence-corrected chi connectivity index (χ2v) is 10.9. The van der Waals surface area contributed by atoms with Crippen molar-refractivity contribution in [2.75, 3.05) is 18.8 Å². The highest BCUT2D eigenvalue weighted by atomic mass is 35.5. The molecule has 2 aromatic rings. The van der Waals surface area contributed by atoms with Gasteiger partial charge in [0.1, 0.15) is 11.9 Å². The van der Waals surface area contributed by atoms with Crippen molar-refractivity contribution in [1.29, 1.82) is 0 Å². The molecule has 2 aliphatic rings. The molecule has 170 valence electrons. The Hall–Kier alpha value is -1.31. The van der Waals surface area contributed by atoms with Crippen LogP contribution in [0.25, 0.3) is 0 Å². The predicted octanol–water partition coefficient (Wildman–Crippen LogP) is 4.16. The van der Waals surface area contributed by atoms with E-state index in [1.54, 1.807) is 0 Å². The summed E-state index contributed by atoms with van der Waals surface area (Å²) in [6.07, 6.45) is 3.30. The van der Waals surface area contributed by atoms with E-state index >= 15 is 0 Å². The second kappa shape index (κ2) is 10.1. The standard InChI is InChI=1S/C23H29ClN2O3S.ClH/c1-2-10-30(27,28)26-14-20(15-26)29-19-8-6-17-7-9-23(25)22(21(17)13-19)12-16-4-3-5-18(24)11-16;/h3-6,8,11,13,20,22-23H,2,7,9-10,12,14-15,25H2,1H3;1H. The van der Waals surface area contributed by atoms with Gasteiger partial charge in [0.2, 0.25) is 10.0 Å². The van der Waals surface area contributed by atoms with E-state index in [0.29, 0.717) is 19.5 Å². The fraction of sp³-hybridized carbons (Fsp3) is 0.478. The smallest absolute Gasteiger partial charge is 0.214 e. The molecule has 1 heterocycles. The van der Waals surface area contributed by atoms with E-state index in [0.717, 1.165) is 30.0 Å². The molecular weight excluding hydrogens is 455 g/mol. The van der Waals surface area contributed by atoms with Crippen molar-refractivity contribution < 1.29 is 13.2 Å². The van der Waals surface area contributed by atoms with Gasteiger partial charge in [-0.3, -0.25) is 0 Å². The summed E-state index contributed by atoms with van der Waals surface area (Å²) in [5.41, 5.74) is 10.2. The summed E-state index contributed by atoms with van der Waals surface area (Å²) in [7, 11) is -3.14. The van der Waals surface area contributed by atoms with Crippen molar-refractivity contribution in [1.82, 2.24) is 4.31 Å². The summed E-state index contributed by atoms with van der Waals surface area (Å²) >= 11 is 6.17. The van der Waals surface area contributed by atoms with Gasteiger partial charge in [-0.1, -0.05) is 36.7 Å². The quantitative estimate of drug-likeness (QED) is 0.639. The molecule has 0 aromatic heterocycles. The number of halogens is 2. The Bertz CT molecular complexity index is 1010. The number of nitrogens with two attached hydrogens (primary N) is 1. The molecule has 1 fully saturated rings. The lowest BCUT2D eigenvalue weighted by Gasteiger charge is -2.38. The molecule has 2 atom stereocenters. The largest absolute Gasteiger partial charge is 0.488 e. The molecule has 2 unspecified atom stereocenters. The Kier molecular flexibility index (Phi) is 7.92. The normalized spacial score (nSPS) is 21.6. The van der Waals surface area contributed by atoms with Crippen LogP contribution in [0.4, 0.5) is 0 Å². The van der Waals surface area contributed by atoms with E-state index in [1.165, 1.54) is 21.0 Å². The molecule has 8 heteroatoms. The van der Waals surface area contributed by atoms with Crippen molar-refractivity contribution in [3.63, 3.8) is 0 Å². The Morgan fingerprint density at radius 1 is 1.19 bits per heavy atom. The molecular formula is C23H30Cl2N2O3S. The summed E-state index contributed by atoms with van der Waals surface area (Å²) in [6, 6.07) is 14.3. The molecule has 2 N–H and O–H groups in total. The summed E-state index contributed by atoms with van der Waals surface area (Å²) in [5, 5.41) is 0.738. The van der Waals surface area contributed by atoms with Crippen LogP contribution < -0.4 is 10.5 Å². The molecule has 1 aliphatic heterocycles. The second-order valence-electron chi connectivity index (χ2n) is 8.38. The Balaban J connectivity index is 0.00000272. The lowest BCUT2D eigenvalue weighted by Crippen LogP contribution is -2.56. The zero-order chi connectivity index (χ0) is 21.3. The van der Waals surface area contributed by atoms with Gasteiger partial charge in [-0.2, -0.15) is 4.31 Å². The van der Waals surface area contributed by atoms with Crippen LogP contribution >= 0.6 is 24.0 Å². The number of rotatable bonds is 7. The molecule has 0 bridgehead atoms. The Morgan fingerprint density at radius 3 is 2.68 bits per heavy atom. The number of hydrogen-bond donors (Lipinski definition) is 1. The van der Waals surface area contributed by atoms with Crippen LogP contribution in [0.2, 0.25) is 5.02 Å². The van der Waals surface area contributed by atoms with E-state index < -0.39 is 10.0 Å². The molecule has 0 amide bonds. The average molecular weight is 485 g/mol. The van der Waals surface area contributed by atoms with Crippen LogP contribution in [-0.2, 0) is 22.9 Å². The number of ether oxygens (including phenoxy) is 1. The summed E-state index contributed by atoms with van der Waals surface area (Å²) < 4.78 is 31.9. The number of benzene rings is 2. The number of sulfonamides is 1.